The van der Waals surface area contributed by atoms with Gasteiger partial charge in [0.2, 0.25) is 10.0 Å². The molecule has 25 heavy (non-hydrogen) atoms. The summed E-state index contributed by atoms with van der Waals surface area (Å²) in [5, 5.41) is 0. The van der Waals surface area contributed by atoms with Crippen molar-refractivity contribution in [2.75, 3.05) is 36.8 Å². The van der Waals surface area contributed by atoms with E-state index in [-0.39, 0.29) is 5.75 Å². The molecule has 0 unspecified atom stereocenters. The third-order valence-electron chi connectivity index (χ3n) is 4.98. The highest BCUT2D eigenvalue weighted by Gasteiger charge is 2.26. The maximum Gasteiger partial charge on any atom is 0.214 e. The van der Waals surface area contributed by atoms with E-state index in [0.717, 1.165) is 18.7 Å². The summed E-state index contributed by atoms with van der Waals surface area (Å²) in [6, 6.07) is 16.3. The summed E-state index contributed by atoms with van der Waals surface area (Å²) in [7, 11) is -3.20. The van der Waals surface area contributed by atoms with Gasteiger partial charge in [0.1, 0.15) is 0 Å². The van der Waals surface area contributed by atoms with E-state index in [4.69, 9.17) is 0 Å². The zero-order chi connectivity index (χ0) is 17.9. The molecule has 1 saturated heterocycles. The number of rotatable bonds is 5. The van der Waals surface area contributed by atoms with Crippen LogP contribution in [-0.4, -0.2) is 44.7 Å². The normalized spacial score (nSPS) is 16.2. The summed E-state index contributed by atoms with van der Waals surface area (Å²) < 4.78 is 26.9. The molecule has 0 amide bonds. The minimum absolute atomic E-state index is 0.181. The van der Waals surface area contributed by atoms with Crippen molar-refractivity contribution in [3.8, 4) is 0 Å². The lowest BCUT2D eigenvalue weighted by atomic mass is 10.1. The number of piperazine rings is 1. The van der Waals surface area contributed by atoms with Gasteiger partial charge in [-0.1, -0.05) is 36.4 Å². The van der Waals surface area contributed by atoms with Gasteiger partial charge in [-0.05, 0) is 49.1 Å². The van der Waals surface area contributed by atoms with E-state index in [1.165, 1.54) is 16.8 Å². The van der Waals surface area contributed by atoms with E-state index >= 15 is 0 Å². The van der Waals surface area contributed by atoms with Crippen molar-refractivity contribution in [2.45, 2.75) is 20.3 Å². The van der Waals surface area contributed by atoms with Crippen molar-refractivity contribution in [3.05, 3.63) is 65.2 Å². The van der Waals surface area contributed by atoms with E-state index in [0.29, 0.717) is 19.5 Å². The molecule has 0 bridgehead atoms. The zero-order valence-corrected chi connectivity index (χ0v) is 15.8. The summed E-state index contributed by atoms with van der Waals surface area (Å²) >= 11 is 0. The molecule has 1 fully saturated rings. The Kier molecular flexibility index (Phi) is 5.45. The summed E-state index contributed by atoms with van der Waals surface area (Å²) in [5.74, 6) is 0.181. The highest BCUT2D eigenvalue weighted by Crippen LogP contribution is 2.21. The molecule has 0 spiro atoms. The first kappa shape index (κ1) is 18.0. The summed E-state index contributed by atoms with van der Waals surface area (Å²) in [6.45, 7) is 6.83. The predicted octanol–water partition coefficient (Wildman–Crippen LogP) is 3.00. The largest absolute Gasteiger partial charge is 0.369 e. The Morgan fingerprint density at radius 1 is 0.880 bits per heavy atom. The van der Waals surface area contributed by atoms with Crippen LogP contribution in [0.4, 0.5) is 5.69 Å². The lowest BCUT2D eigenvalue weighted by Gasteiger charge is -2.35. The van der Waals surface area contributed by atoms with E-state index in [9.17, 15) is 8.42 Å². The third kappa shape index (κ3) is 4.41. The van der Waals surface area contributed by atoms with Crippen molar-refractivity contribution in [2.24, 2.45) is 0 Å². The standard InChI is InChI=1S/C20H26N2O2S/c1-17-8-9-20(16-18(17)2)21-11-13-22(14-12-21)25(23,24)15-10-19-6-4-3-5-7-19/h3-9,16H,10-15H2,1-2H3. The second-order valence-electron chi connectivity index (χ2n) is 6.71. The van der Waals surface area contributed by atoms with Crippen molar-refractivity contribution in [3.63, 3.8) is 0 Å². The van der Waals surface area contributed by atoms with Crippen LogP contribution in [0.15, 0.2) is 48.5 Å². The van der Waals surface area contributed by atoms with Gasteiger partial charge in [-0.15, -0.1) is 0 Å². The van der Waals surface area contributed by atoms with Gasteiger partial charge in [-0.2, -0.15) is 4.31 Å². The van der Waals surface area contributed by atoms with Crippen LogP contribution in [-0.2, 0) is 16.4 Å². The number of sulfonamides is 1. The van der Waals surface area contributed by atoms with E-state index in [1.54, 1.807) is 4.31 Å². The molecule has 0 N–H and O–H groups in total. The van der Waals surface area contributed by atoms with E-state index < -0.39 is 10.0 Å². The zero-order valence-electron chi connectivity index (χ0n) is 15.0. The summed E-state index contributed by atoms with van der Waals surface area (Å²) in [5.41, 5.74) is 4.81. The average Bonchev–Trinajstić information content (AvgIpc) is 2.63. The fourth-order valence-electron chi connectivity index (χ4n) is 3.17. The Hall–Kier alpha value is -1.85. The van der Waals surface area contributed by atoms with Crippen LogP contribution < -0.4 is 4.90 Å². The summed E-state index contributed by atoms with van der Waals surface area (Å²) in [4.78, 5) is 2.27. The number of anilines is 1. The number of hydrogen-bond acceptors (Lipinski definition) is 3. The second kappa shape index (κ2) is 7.58. The van der Waals surface area contributed by atoms with Crippen LogP contribution in [0.5, 0.6) is 0 Å². The van der Waals surface area contributed by atoms with Gasteiger partial charge in [0.25, 0.3) is 0 Å². The maximum atomic E-state index is 12.6. The minimum atomic E-state index is -3.20. The maximum absolute atomic E-state index is 12.6. The van der Waals surface area contributed by atoms with Crippen LogP contribution in [0.3, 0.4) is 0 Å². The molecule has 4 nitrogen and oxygen atoms in total. The molecule has 0 saturated carbocycles. The Balaban J connectivity index is 1.58. The molecular formula is C20H26N2O2S. The van der Waals surface area contributed by atoms with Crippen LogP contribution in [0.2, 0.25) is 0 Å². The minimum Gasteiger partial charge on any atom is -0.369 e. The first-order valence-electron chi connectivity index (χ1n) is 8.80. The SMILES string of the molecule is Cc1ccc(N2CCN(S(=O)(=O)CCc3ccccc3)CC2)cc1C. The molecule has 3 rings (SSSR count). The average molecular weight is 359 g/mol. The predicted molar refractivity (Wildman–Crippen MR) is 104 cm³/mol. The van der Waals surface area contributed by atoms with Gasteiger partial charge in [-0.3, -0.25) is 0 Å². The van der Waals surface area contributed by atoms with Crippen LogP contribution >= 0.6 is 0 Å². The van der Waals surface area contributed by atoms with E-state index in [2.05, 4.69) is 36.9 Å². The molecule has 0 aromatic heterocycles. The first-order valence-corrected chi connectivity index (χ1v) is 10.4. The third-order valence-corrected chi connectivity index (χ3v) is 6.85. The van der Waals surface area contributed by atoms with Gasteiger partial charge in [-0.25, -0.2) is 8.42 Å². The molecule has 2 aromatic carbocycles. The monoisotopic (exact) mass is 358 g/mol. The quantitative estimate of drug-likeness (QED) is 0.825. The fraction of sp³-hybridized carbons (Fsp3) is 0.400. The van der Waals surface area contributed by atoms with Crippen molar-refractivity contribution < 1.29 is 8.42 Å². The molecule has 0 atom stereocenters. The van der Waals surface area contributed by atoms with Crippen molar-refractivity contribution in [1.29, 1.82) is 0 Å². The van der Waals surface area contributed by atoms with Gasteiger partial charge in [0, 0.05) is 31.9 Å². The van der Waals surface area contributed by atoms with Crippen molar-refractivity contribution >= 4 is 15.7 Å². The Labute approximate surface area is 151 Å². The Morgan fingerprint density at radius 2 is 1.56 bits per heavy atom. The smallest absolute Gasteiger partial charge is 0.214 e. The number of nitrogens with zero attached hydrogens (tertiary/aromatic N) is 2. The Morgan fingerprint density at radius 3 is 2.20 bits per heavy atom. The number of benzene rings is 2. The molecule has 1 aliphatic heterocycles. The Bertz CT molecular complexity index is 811. The van der Waals surface area contributed by atoms with Crippen LogP contribution in [0.25, 0.3) is 0 Å². The molecule has 1 heterocycles. The fourth-order valence-corrected chi connectivity index (χ4v) is 4.64. The molecule has 0 radical (unpaired) electrons. The van der Waals surface area contributed by atoms with Gasteiger partial charge < -0.3 is 4.90 Å². The van der Waals surface area contributed by atoms with Crippen LogP contribution in [0.1, 0.15) is 16.7 Å². The first-order chi connectivity index (χ1) is 12.0. The lowest BCUT2D eigenvalue weighted by molar-refractivity contribution is 0.385. The van der Waals surface area contributed by atoms with Crippen molar-refractivity contribution in [1.82, 2.24) is 4.31 Å². The van der Waals surface area contributed by atoms with Gasteiger partial charge in [0.15, 0.2) is 0 Å². The molecule has 2 aromatic rings. The second-order valence-corrected chi connectivity index (χ2v) is 8.79. The highest BCUT2D eigenvalue weighted by atomic mass is 32.2. The van der Waals surface area contributed by atoms with Gasteiger partial charge in [0.05, 0.1) is 5.75 Å². The molecule has 5 heteroatoms. The molecular weight excluding hydrogens is 332 g/mol. The van der Waals surface area contributed by atoms with Gasteiger partial charge >= 0.3 is 0 Å². The summed E-state index contributed by atoms with van der Waals surface area (Å²) in [6.07, 6.45) is 0.570. The topological polar surface area (TPSA) is 40.6 Å². The molecule has 1 aliphatic rings. The number of aryl methyl sites for hydroxylation is 3. The molecule has 134 valence electrons. The highest BCUT2D eigenvalue weighted by molar-refractivity contribution is 7.89. The van der Waals surface area contributed by atoms with E-state index in [1.807, 2.05) is 30.3 Å². The number of hydrogen-bond donors (Lipinski definition) is 0. The van der Waals surface area contributed by atoms with Crippen LogP contribution in [0, 0.1) is 13.8 Å². The molecule has 0 aliphatic carbocycles. The lowest BCUT2D eigenvalue weighted by Crippen LogP contribution is -2.49.